The minimum Gasteiger partial charge on any atom is -0.383 e. The molecule has 126 valence electrons. The van der Waals surface area contributed by atoms with Gasteiger partial charge in [0.1, 0.15) is 0 Å². The Morgan fingerprint density at radius 1 is 1.39 bits per heavy atom. The van der Waals surface area contributed by atoms with Crippen LogP contribution in [0.5, 0.6) is 0 Å². The summed E-state index contributed by atoms with van der Waals surface area (Å²) < 4.78 is 4.99. The molecular weight excluding hydrogens is 339 g/mol. The first-order valence-corrected chi connectivity index (χ1v) is 8.18. The highest BCUT2D eigenvalue weighted by molar-refractivity contribution is 6.36. The number of nitrogens with one attached hydrogen (secondary N) is 1. The minimum absolute atomic E-state index is 0.0997. The van der Waals surface area contributed by atoms with Gasteiger partial charge in [-0.05, 0) is 24.6 Å². The number of hydrogen-bond acceptors (Lipinski definition) is 3. The Kier molecular flexibility index (Phi) is 6.27. The van der Waals surface area contributed by atoms with E-state index in [4.69, 9.17) is 27.9 Å². The molecule has 7 heteroatoms. The van der Waals surface area contributed by atoms with Crippen LogP contribution in [0.25, 0.3) is 0 Å². The third-order valence-corrected chi connectivity index (χ3v) is 4.74. The van der Waals surface area contributed by atoms with Crippen molar-refractivity contribution in [3.63, 3.8) is 0 Å². The molecule has 2 rings (SSSR count). The van der Waals surface area contributed by atoms with E-state index in [1.54, 1.807) is 31.1 Å². The number of carbonyl (C=O) groups excluding carboxylic acids is 2. The quantitative estimate of drug-likeness (QED) is 0.849. The summed E-state index contributed by atoms with van der Waals surface area (Å²) in [6.45, 7) is 3.98. The second-order valence-corrected chi connectivity index (χ2v) is 6.49. The third-order valence-electron chi connectivity index (χ3n) is 3.95. The summed E-state index contributed by atoms with van der Waals surface area (Å²) in [4.78, 5) is 25.8. The van der Waals surface area contributed by atoms with E-state index >= 15 is 0 Å². The SMILES string of the molecule is COCCN1C[C@@H](CNC(=O)c2cc(Cl)c(C)c(Cl)c2)CC1=O. The molecule has 1 aliphatic rings. The van der Waals surface area contributed by atoms with Crippen molar-refractivity contribution in [2.45, 2.75) is 13.3 Å². The summed E-state index contributed by atoms with van der Waals surface area (Å²) in [5.74, 6) is -0.0287. The van der Waals surface area contributed by atoms with Gasteiger partial charge in [-0.3, -0.25) is 9.59 Å². The Bertz CT molecular complexity index is 584. The van der Waals surface area contributed by atoms with Gasteiger partial charge in [0.25, 0.3) is 5.91 Å². The average Bonchev–Trinajstić information content (AvgIpc) is 2.87. The topological polar surface area (TPSA) is 58.6 Å². The van der Waals surface area contributed by atoms with Gasteiger partial charge in [0.15, 0.2) is 0 Å². The first kappa shape index (κ1) is 18.0. The summed E-state index contributed by atoms with van der Waals surface area (Å²) in [6.07, 6.45) is 0.444. The minimum atomic E-state index is -0.239. The van der Waals surface area contributed by atoms with Crippen LogP contribution in [0.15, 0.2) is 12.1 Å². The van der Waals surface area contributed by atoms with E-state index in [9.17, 15) is 9.59 Å². The Morgan fingerprint density at radius 2 is 2.04 bits per heavy atom. The van der Waals surface area contributed by atoms with Crippen LogP contribution in [0, 0.1) is 12.8 Å². The van der Waals surface area contributed by atoms with Crippen molar-refractivity contribution in [1.29, 1.82) is 0 Å². The van der Waals surface area contributed by atoms with E-state index in [-0.39, 0.29) is 17.7 Å². The molecule has 2 amide bonds. The van der Waals surface area contributed by atoms with Crippen molar-refractivity contribution < 1.29 is 14.3 Å². The van der Waals surface area contributed by atoms with Gasteiger partial charge in [-0.1, -0.05) is 23.2 Å². The summed E-state index contributed by atoms with van der Waals surface area (Å²) in [6, 6.07) is 3.20. The molecule has 1 fully saturated rings. The zero-order valence-electron chi connectivity index (χ0n) is 13.2. The number of carbonyl (C=O) groups is 2. The van der Waals surface area contributed by atoms with Crippen molar-refractivity contribution in [1.82, 2.24) is 10.2 Å². The fourth-order valence-electron chi connectivity index (χ4n) is 2.52. The molecule has 1 atom stereocenters. The van der Waals surface area contributed by atoms with Gasteiger partial charge in [0, 0.05) is 54.7 Å². The van der Waals surface area contributed by atoms with Crippen LogP contribution in [0.1, 0.15) is 22.3 Å². The van der Waals surface area contributed by atoms with Crippen LogP contribution in [-0.4, -0.2) is 50.1 Å². The van der Waals surface area contributed by atoms with Gasteiger partial charge in [-0.2, -0.15) is 0 Å². The fourth-order valence-corrected chi connectivity index (χ4v) is 3.01. The largest absolute Gasteiger partial charge is 0.383 e. The number of benzene rings is 1. The summed E-state index contributed by atoms with van der Waals surface area (Å²) in [5.41, 5.74) is 1.17. The van der Waals surface area contributed by atoms with Crippen molar-refractivity contribution in [3.8, 4) is 0 Å². The van der Waals surface area contributed by atoms with Crippen LogP contribution in [0.3, 0.4) is 0 Å². The van der Waals surface area contributed by atoms with Crippen LogP contribution < -0.4 is 5.32 Å². The maximum atomic E-state index is 12.2. The molecule has 0 aliphatic carbocycles. The maximum Gasteiger partial charge on any atom is 0.251 e. The van der Waals surface area contributed by atoms with Crippen molar-refractivity contribution in [2.75, 3.05) is 33.4 Å². The number of rotatable bonds is 6. The van der Waals surface area contributed by atoms with Crippen molar-refractivity contribution in [2.24, 2.45) is 5.92 Å². The van der Waals surface area contributed by atoms with Crippen molar-refractivity contribution in [3.05, 3.63) is 33.3 Å². The molecule has 0 spiro atoms. The average molecular weight is 359 g/mol. The van der Waals surface area contributed by atoms with Gasteiger partial charge < -0.3 is 15.0 Å². The molecule has 1 heterocycles. The van der Waals surface area contributed by atoms with E-state index < -0.39 is 0 Å². The molecule has 1 saturated heterocycles. The zero-order valence-corrected chi connectivity index (χ0v) is 14.7. The maximum absolute atomic E-state index is 12.2. The predicted molar refractivity (Wildman–Crippen MR) is 90.1 cm³/mol. The van der Waals surface area contributed by atoms with E-state index in [1.165, 1.54) is 0 Å². The van der Waals surface area contributed by atoms with Crippen LogP contribution in [-0.2, 0) is 9.53 Å². The first-order valence-electron chi connectivity index (χ1n) is 7.43. The summed E-state index contributed by atoms with van der Waals surface area (Å²) in [7, 11) is 1.61. The second kappa shape index (κ2) is 7.99. The molecule has 1 aromatic carbocycles. The normalized spacial score (nSPS) is 17.7. The molecular formula is C16H20Cl2N2O3. The number of methoxy groups -OCH3 is 1. The monoisotopic (exact) mass is 358 g/mol. The molecule has 5 nitrogen and oxygen atoms in total. The number of halogens is 2. The zero-order chi connectivity index (χ0) is 17.0. The van der Waals surface area contributed by atoms with E-state index in [1.807, 2.05) is 0 Å². The summed E-state index contributed by atoms with van der Waals surface area (Å²) in [5, 5.41) is 3.77. The lowest BCUT2D eigenvalue weighted by atomic mass is 10.1. The Labute approximate surface area is 145 Å². The smallest absolute Gasteiger partial charge is 0.251 e. The summed E-state index contributed by atoms with van der Waals surface area (Å²) >= 11 is 12.1. The van der Waals surface area contributed by atoms with E-state index in [0.29, 0.717) is 48.3 Å². The van der Waals surface area contributed by atoms with Crippen LogP contribution in [0.2, 0.25) is 10.0 Å². The lowest BCUT2D eigenvalue weighted by molar-refractivity contribution is -0.128. The van der Waals surface area contributed by atoms with Gasteiger partial charge >= 0.3 is 0 Å². The number of likely N-dealkylation sites (tertiary alicyclic amines) is 1. The molecule has 1 N–H and O–H groups in total. The molecule has 0 saturated carbocycles. The van der Waals surface area contributed by atoms with Gasteiger partial charge in [-0.25, -0.2) is 0 Å². The molecule has 0 unspecified atom stereocenters. The van der Waals surface area contributed by atoms with E-state index in [0.717, 1.165) is 5.56 Å². The lowest BCUT2D eigenvalue weighted by Gasteiger charge is -2.16. The Morgan fingerprint density at radius 3 is 2.65 bits per heavy atom. The number of nitrogens with zero attached hydrogens (tertiary/aromatic N) is 1. The highest BCUT2D eigenvalue weighted by atomic mass is 35.5. The van der Waals surface area contributed by atoms with Crippen LogP contribution in [0.4, 0.5) is 0 Å². The third kappa shape index (κ3) is 4.59. The van der Waals surface area contributed by atoms with Crippen LogP contribution >= 0.6 is 23.2 Å². The fraction of sp³-hybridized carbons (Fsp3) is 0.500. The molecule has 23 heavy (non-hydrogen) atoms. The van der Waals surface area contributed by atoms with Gasteiger partial charge in [0.2, 0.25) is 5.91 Å². The van der Waals surface area contributed by atoms with Gasteiger partial charge in [0.05, 0.1) is 6.61 Å². The highest BCUT2D eigenvalue weighted by Gasteiger charge is 2.29. The second-order valence-electron chi connectivity index (χ2n) is 5.68. The molecule has 0 bridgehead atoms. The van der Waals surface area contributed by atoms with E-state index in [2.05, 4.69) is 5.32 Å². The first-order chi connectivity index (χ1) is 10.9. The van der Waals surface area contributed by atoms with Gasteiger partial charge in [-0.15, -0.1) is 0 Å². The molecule has 0 radical (unpaired) electrons. The standard InChI is InChI=1S/C16H20Cl2N2O3/c1-10-13(17)6-12(7-14(10)18)16(22)19-8-11-5-15(21)20(9-11)3-4-23-2/h6-7,11H,3-5,8-9H2,1-2H3,(H,19,22)/t11-/m1/s1. The highest BCUT2D eigenvalue weighted by Crippen LogP contribution is 2.25. The lowest BCUT2D eigenvalue weighted by Crippen LogP contribution is -2.32. The van der Waals surface area contributed by atoms with Crippen molar-refractivity contribution >= 4 is 35.0 Å². The molecule has 0 aromatic heterocycles. The number of amides is 2. The Balaban J connectivity index is 1.89. The Hall–Kier alpha value is -1.30. The number of ether oxygens (including phenoxy) is 1. The molecule has 1 aliphatic heterocycles. The molecule has 1 aromatic rings. The number of hydrogen-bond donors (Lipinski definition) is 1. The predicted octanol–water partition coefficient (Wildman–Crippen LogP) is 2.53.